The van der Waals surface area contributed by atoms with Crippen LogP contribution >= 0.6 is 11.8 Å². The zero-order valence-corrected chi connectivity index (χ0v) is 20.5. The van der Waals surface area contributed by atoms with Gasteiger partial charge in [0.1, 0.15) is 5.75 Å². The lowest BCUT2D eigenvalue weighted by molar-refractivity contribution is -0.119. The molecule has 2 saturated carbocycles. The summed E-state index contributed by atoms with van der Waals surface area (Å²) in [5.41, 5.74) is 0.906. The number of thioether (sulfide) groups is 1. The number of para-hydroxylation sites is 2. The summed E-state index contributed by atoms with van der Waals surface area (Å²) in [6, 6.07) is 8.18. The molecule has 1 aromatic heterocycles. The van der Waals surface area contributed by atoms with E-state index < -0.39 is 0 Å². The van der Waals surface area contributed by atoms with Crippen molar-refractivity contribution in [3.05, 3.63) is 24.3 Å². The van der Waals surface area contributed by atoms with Crippen molar-refractivity contribution in [2.45, 2.75) is 63.1 Å². The van der Waals surface area contributed by atoms with Gasteiger partial charge in [0.05, 0.1) is 18.6 Å². The van der Waals surface area contributed by atoms with Crippen molar-refractivity contribution < 1.29 is 9.53 Å². The number of rotatable bonds is 8. The van der Waals surface area contributed by atoms with Crippen LogP contribution in [-0.2, 0) is 4.79 Å². The first-order chi connectivity index (χ1) is 16.1. The topological polar surface area (TPSA) is 72.3 Å². The van der Waals surface area contributed by atoms with Crippen LogP contribution in [0.5, 0.6) is 5.75 Å². The molecule has 1 N–H and O–H groups in total. The normalized spacial score (nSPS) is 25.3. The van der Waals surface area contributed by atoms with Crippen LogP contribution in [0.15, 0.2) is 29.4 Å². The summed E-state index contributed by atoms with van der Waals surface area (Å²) >= 11 is 1.45. The third-order valence-corrected chi connectivity index (χ3v) is 8.67. The van der Waals surface area contributed by atoms with Crippen LogP contribution in [0, 0.1) is 17.8 Å². The molecule has 1 aromatic carbocycles. The molecule has 5 rings (SSSR count). The first kappa shape index (κ1) is 22.6. The third-order valence-electron chi connectivity index (χ3n) is 7.74. The Bertz CT molecular complexity index is 973. The number of carbonyl (C=O) groups is 1. The first-order valence-electron chi connectivity index (χ1n) is 12.4. The predicted molar refractivity (Wildman–Crippen MR) is 131 cm³/mol. The average molecular weight is 470 g/mol. The molecule has 2 heterocycles. The van der Waals surface area contributed by atoms with E-state index in [-0.39, 0.29) is 11.9 Å². The number of hydrogen-bond acceptors (Lipinski definition) is 6. The van der Waals surface area contributed by atoms with Crippen LogP contribution in [-0.4, -0.2) is 52.7 Å². The molecule has 178 valence electrons. The highest BCUT2D eigenvalue weighted by atomic mass is 32.2. The Balaban J connectivity index is 1.31. The standard InChI is InChI=1S/C25H35N5O2S/c1-17(20-15-18-10-11-19(20)14-18)26-23(31)16-33-25-28-27-24(29-12-6-3-7-13-29)30(25)21-8-4-5-9-22(21)32-2/h4-5,8-9,17-20H,3,6-7,10-16H2,1-2H3,(H,26,31). The zero-order chi connectivity index (χ0) is 22.8. The van der Waals surface area contributed by atoms with Gasteiger partial charge in [-0.25, -0.2) is 0 Å². The minimum absolute atomic E-state index is 0.0735. The zero-order valence-electron chi connectivity index (χ0n) is 19.7. The molecule has 4 atom stereocenters. The molecule has 1 saturated heterocycles. The van der Waals surface area contributed by atoms with E-state index in [0.29, 0.717) is 11.7 Å². The lowest BCUT2D eigenvalue weighted by atomic mass is 9.84. The molecular weight excluding hydrogens is 434 g/mol. The van der Waals surface area contributed by atoms with E-state index in [4.69, 9.17) is 4.74 Å². The Morgan fingerprint density at radius 1 is 1.18 bits per heavy atom. The van der Waals surface area contributed by atoms with Crippen molar-refractivity contribution in [3.63, 3.8) is 0 Å². The highest BCUT2D eigenvalue weighted by Gasteiger charge is 2.42. The summed E-state index contributed by atoms with van der Waals surface area (Å²) in [6.07, 6.45) is 8.93. The SMILES string of the molecule is COc1ccccc1-n1c(SCC(=O)NC(C)C2CC3CCC2C3)nnc1N1CCCCC1. The molecule has 3 fully saturated rings. The minimum Gasteiger partial charge on any atom is -0.495 e. The number of nitrogens with zero attached hydrogens (tertiary/aromatic N) is 4. The Morgan fingerprint density at radius 2 is 2.00 bits per heavy atom. The van der Waals surface area contributed by atoms with Crippen molar-refractivity contribution >= 4 is 23.6 Å². The smallest absolute Gasteiger partial charge is 0.232 e. The average Bonchev–Trinajstić information content (AvgIpc) is 3.59. The Kier molecular flexibility index (Phi) is 6.81. The van der Waals surface area contributed by atoms with E-state index in [9.17, 15) is 4.79 Å². The summed E-state index contributed by atoms with van der Waals surface area (Å²) < 4.78 is 7.70. The monoisotopic (exact) mass is 469 g/mol. The summed E-state index contributed by atoms with van der Waals surface area (Å²) in [5, 5.41) is 13.1. The fourth-order valence-corrected chi connectivity index (χ4v) is 6.87. The second-order valence-corrected chi connectivity index (χ2v) is 10.8. The molecular formula is C25H35N5O2S. The van der Waals surface area contributed by atoms with Crippen LogP contribution in [0.2, 0.25) is 0 Å². The number of amides is 1. The molecule has 2 bridgehead atoms. The van der Waals surface area contributed by atoms with Gasteiger partial charge >= 0.3 is 0 Å². The van der Waals surface area contributed by atoms with Crippen molar-refractivity contribution in [1.29, 1.82) is 0 Å². The van der Waals surface area contributed by atoms with Crippen LogP contribution in [0.25, 0.3) is 5.69 Å². The molecule has 1 aliphatic heterocycles. The van der Waals surface area contributed by atoms with Crippen molar-refractivity contribution in [2.24, 2.45) is 17.8 Å². The number of methoxy groups -OCH3 is 1. The largest absolute Gasteiger partial charge is 0.495 e. The van der Waals surface area contributed by atoms with Crippen LogP contribution < -0.4 is 15.0 Å². The number of anilines is 1. The molecule has 8 heteroatoms. The van der Waals surface area contributed by atoms with Gasteiger partial charge in [0, 0.05) is 19.1 Å². The summed E-state index contributed by atoms with van der Waals surface area (Å²) in [5.74, 6) is 4.34. The fourth-order valence-electron chi connectivity index (χ4n) is 6.12. The maximum atomic E-state index is 12.8. The lowest BCUT2D eigenvalue weighted by Crippen LogP contribution is -2.41. The van der Waals surface area contributed by atoms with Crippen LogP contribution in [0.4, 0.5) is 5.95 Å². The molecule has 2 aliphatic carbocycles. The second kappa shape index (κ2) is 9.95. The van der Waals surface area contributed by atoms with Gasteiger partial charge in [0.25, 0.3) is 0 Å². The number of fused-ring (bicyclic) bond motifs is 2. The molecule has 3 aliphatic rings. The molecule has 33 heavy (non-hydrogen) atoms. The molecule has 0 spiro atoms. The quantitative estimate of drug-likeness (QED) is 0.581. The number of piperidine rings is 1. The predicted octanol–water partition coefficient (Wildman–Crippen LogP) is 4.30. The molecule has 1 amide bonds. The third kappa shape index (κ3) is 4.72. The summed E-state index contributed by atoms with van der Waals surface area (Å²) in [4.78, 5) is 15.1. The van der Waals surface area contributed by atoms with Gasteiger partial charge in [-0.1, -0.05) is 30.3 Å². The first-order valence-corrected chi connectivity index (χ1v) is 13.4. The number of ether oxygens (including phenoxy) is 1. The number of benzene rings is 1. The van der Waals surface area contributed by atoms with Gasteiger partial charge in [-0.15, -0.1) is 10.2 Å². The number of carbonyl (C=O) groups excluding carboxylic acids is 1. The van der Waals surface area contributed by atoms with E-state index >= 15 is 0 Å². The van der Waals surface area contributed by atoms with E-state index in [1.54, 1.807) is 7.11 Å². The van der Waals surface area contributed by atoms with E-state index in [1.807, 2.05) is 24.3 Å². The van der Waals surface area contributed by atoms with E-state index in [0.717, 1.165) is 60.3 Å². The minimum atomic E-state index is 0.0735. The van der Waals surface area contributed by atoms with Gasteiger partial charge in [0.2, 0.25) is 11.9 Å². The maximum absolute atomic E-state index is 12.8. The van der Waals surface area contributed by atoms with Gasteiger partial charge in [-0.2, -0.15) is 0 Å². The second-order valence-electron chi connectivity index (χ2n) is 9.82. The van der Waals surface area contributed by atoms with Gasteiger partial charge in [-0.3, -0.25) is 9.36 Å². The number of aromatic nitrogens is 3. The van der Waals surface area contributed by atoms with Crippen molar-refractivity contribution in [3.8, 4) is 11.4 Å². The summed E-state index contributed by atoms with van der Waals surface area (Å²) in [7, 11) is 1.68. The Morgan fingerprint density at radius 3 is 2.73 bits per heavy atom. The molecule has 0 radical (unpaired) electrons. The number of nitrogens with one attached hydrogen (secondary N) is 1. The van der Waals surface area contributed by atoms with Gasteiger partial charge in [0.15, 0.2) is 5.16 Å². The van der Waals surface area contributed by atoms with E-state index in [2.05, 4.69) is 31.9 Å². The van der Waals surface area contributed by atoms with Crippen LogP contribution in [0.3, 0.4) is 0 Å². The van der Waals surface area contributed by atoms with Crippen molar-refractivity contribution in [1.82, 2.24) is 20.1 Å². The Labute approximate surface area is 200 Å². The molecule has 7 nitrogen and oxygen atoms in total. The molecule has 2 aromatic rings. The Hall–Kier alpha value is -2.22. The molecule has 4 unspecified atom stereocenters. The van der Waals surface area contributed by atoms with E-state index in [1.165, 1.54) is 43.9 Å². The van der Waals surface area contributed by atoms with Gasteiger partial charge in [-0.05, 0) is 75.3 Å². The number of hydrogen-bond donors (Lipinski definition) is 1. The van der Waals surface area contributed by atoms with Gasteiger partial charge < -0.3 is 15.0 Å². The maximum Gasteiger partial charge on any atom is 0.232 e. The fraction of sp³-hybridized carbons (Fsp3) is 0.640. The lowest BCUT2D eigenvalue weighted by Gasteiger charge is -2.28. The van der Waals surface area contributed by atoms with Crippen LogP contribution in [0.1, 0.15) is 51.9 Å². The van der Waals surface area contributed by atoms with Crippen molar-refractivity contribution in [2.75, 3.05) is 30.9 Å². The summed E-state index contributed by atoms with van der Waals surface area (Å²) in [6.45, 7) is 4.12. The highest BCUT2D eigenvalue weighted by molar-refractivity contribution is 7.99. The highest BCUT2D eigenvalue weighted by Crippen LogP contribution is 2.49.